The monoisotopic (exact) mass is 151 g/mol. The van der Waals surface area contributed by atoms with Crippen molar-refractivity contribution in [3.05, 3.63) is 24.8 Å². The van der Waals surface area contributed by atoms with E-state index in [-0.39, 0.29) is 0 Å². The molecule has 62 valence electrons. The van der Waals surface area contributed by atoms with Crippen LogP contribution in [0.4, 0.5) is 0 Å². The van der Waals surface area contributed by atoms with Gasteiger partial charge in [0.1, 0.15) is 0 Å². The average Bonchev–Trinajstić information content (AvgIpc) is 2.30. The fraction of sp³-hybridized carbons (Fsp3) is 0.600. The number of likely N-dealkylation sites (N-methyl/N-ethyl adjacent to an activating group) is 1. The molecule has 0 aromatic carbocycles. The molecule has 1 rings (SSSR count). The van der Waals surface area contributed by atoms with Gasteiger partial charge >= 0.3 is 0 Å². The molecule has 1 heterocycles. The Hall–Kier alpha value is -0.560. The topological polar surface area (TPSA) is 3.24 Å². The first-order chi connectivity index (χ1) is 5.15. The van der Waals surface area contributed by atoms with Crippen LogP contribution in [0.1, 0.15) is 13.3 Å². The van der Waals surface area contributed by atoms with Crippen LogP contribution >= 0.6 is 0 Å². The van der Waals surface area contributed by atoms with Gasteiger partial charge in [0.2, 0.25) is 0 Å². The maximum atomic E-state index is 3.98. The van der Waals surface area contributed by atoms with Crippen molar-refractivity contribution in [2.45, 2.75) is 19.4 Å². The Bertz CT molecular complexity index is 172. The van der Waals surface area contributed by atoms with Crippen LogP contribution in [-0.2, 0) is 0 Å². The first-order valence-electron chi connectivity index (χ1n) is 4.13. The quantitative estimate of drug-likeness (QED) is 0.546. The van der Waals surface area contributed by atoms with Crippen LogP contribution in [-0.4, -0.2) is 24.5 Å². The third-order valence-corrected chi connectivity index (χ3v) is 2.48. The fourth-order valence-corrected chi connectivity index (χ4v) is 1.79. The minimum Gasteiger partial charge on any atom is -0.299 e. The number of nitrogens with zero attached hydrogens (tertiary/aromatic N) is 1. The Balaban J connectivity index is 2.58. The molecule has 0 aromatic rings. The van der Waals surface area contributed by atoms with E-state index in [1.54, 1.807) is 0 Å². The Morgan fingerprint density at radius 3 is 2.55 bits per heavy atom. The van der Waals surface area contributed by atoms with Gasteiger partial charge in [0.05, 0.1) is 0 Å². The normalized spacial score (nSPS) is 32.2. The van der Waals surface area contributed by atoms with Gasteiger partial charge in [0.15, 0.2) is 0 Å². The molecule has 1 heteroatoms. The molecule has 1 nitrogen and oxygen atoms in total. The first-order valence-corrected chi connectivity index (χ1v) is 4.13. The van der Waals surface area contributed by atoms with Crippen molar-refractivity contribution < 1.29 is 0 Å². The second-order valence-electron chi connectivity index (χ2n) is 3.53. The third-order valence-electron chi connectivity index (χ3n) is 2.48. The molecule has 0 aliphatic carbocycles. The van der Waals surface area contributed by atoms with E-state index in [0.29, 0.717) is 12.0 Å². The summed E-state index contributed by atoms with van der Waals surface area (Å²) in [5, 5.41) is 0. The van der Waals surface area contributed by atoms with Crippen molar-refractivity contribution in [3.8, 4) is 0 Å². The molecule has 1 aliphatic heterocycles. The maximum absolute atomic E-state index is 3.98. The molecule has 0 aromatic heterocycles. The number of likely N-dealkylation sites (tertiary alicyclic amines) is 1. The summed E-state index contributed by atoms with van der Waals surface area (Å²) in [4.78, 5) is 2.36. The molecule has 1 aliphatic rings. The van der Waals surface area contributed by atoms with Crippen molar-refractivity contribution in [1.82, 2.24) is 4.90 Å². The van der Waals surface area contributed by atoms with E-state index in [2.05, 4.69) is 38.1 Å². The predicted molar refractivity (Wildman–Crippen MR) is 49.5 cm³/mol. The van der Waals surface area contributed by atoms with Crippen LogP contribution in [0.2, 0.25) is 0 Å². The summed E-state index contributed by atoms with van der Waals surface area (Å²) < 4.78 is 0. The third kappa shape index (κ3) is 1.72. The van der Waals surface area contributed by atoms with Crippen LogP contribution in [0.5, 0.6) is 0 Å². The Labute approximate surface area is 69.4 Å². The number of rotatable bonds is 2. The van der Waals surface area contributed by atoms with Crippen molar-refractivity contribution in [1.29, 1.82) is 0 Å². The van der Waals surface area contributed by atoms with Crippen molar-refractivity contribution in [2.75, 3.05) is 13.6 Å². The highest BCUT2D eigenvalue weighted by Gasteiger charge is 2.27. The van der Waals surface area contributed by atoms with Gasteiger partial charge in [-0.25, -0.2) is 0 Å². The zero-order valence-electron chi connectivity index (χ0n) is 7.51. The molecule has 11 heavy (non-hydrogen) atoms. The van der Waals surface area contributed by atoms with E-state index < -0.39 is 0 Å². The van der Waals surface area contributed by atoms with Crippen LogP contribution in [0, 0.1) is 5.92 Å². The summed E-state index contributed by atoms with van der Waals surface area (Å²) in [6.07, 6.45) is 3.26. The molecule has 0 radical (unpaired) electrons. The number of hydrogen-bond donors (Lipinski definition) is 0. The highest BCUT2D eigenvalue weighted by molar-refractivity contribution is 5.08. The van der Waals surface area contributed by atoms with E-state index in [4.69, 9.17) is 0 Å². The van der Waals surface area contributed by atoms with E-state index in [1.165, 1.54) is 12.0 Å². The highest BCUT2D eigenvalue weighted by atomic mass is 15.2. The molecule has 1 fully saturated rings. The van der Waals surface area contributed by atoms with Gasteiger partial charge in [0.25, 0.3) is 0 Å². The summed E-state index contributed by atoms with van der Waals surface area (Å²) in [6, 6.07) is 0.581. The lowest BCUT2D eigenvalue weighted by Gasteiger charge is -2.18. The zero-order valence-corrected chi connectivity index (χ0v) is 7.51. The summed E-state index contributed by atoms with van der Waals surface area (Å²) >= 11 is 0. The van der Waals surface area contributed by atoms with Crippen LogP contribution in [0.3, 0.4) is 0 Å². The molecule has 0 amide bonds. The van der Waals surface area contributed by atoms with Gasteiger partial charge < -0.3 is 0 Å². The Kier molecular flexibility index (Phi) is 2.50. The number of hydrogen-bond acceptors (Lipinski definition) is 1. The van der Waals surface area contributed by atoms with Crippen LogP contribution in [0.15, 0.2) is 24.8 Å². The van der Waals surface area contributed by atoms with Crippen molar-refractivity contribution >= 4 is 0 Å². The lowest BCUT2D eigenvalue weighted by atomic mass is 10.0. The SMILES string of the molecule is C=CC1CC(C(=C)C)N(C)C1. The summed E-state index contributed by atoms with van der Waals surface area (Å²) in [5.41, 5.74) is 1.27. The summed E-state index contributed by atoms with van der Waals surface area (Å²) in [6.45, 7) is 11.0. The lowest BCUT2D eigenvalue weighted by Crippen LogP contribution is -2.25. The highest BCUT2D eigenvalue weighted by Crippen LogP contribution is 2.25. The van der Waals surface area contributed by atoms with Gasteiger partial charge in [-0.15, -0.1) is 6.58 Å². The van der Waals surface area contributed by atoms with Crippen LogP contribution < -0.4 is 0 Å². The van der Waals surface area contributed by atoms with Gasteiger partial charge in [-0.2, -0.15) is 0 Å². The molecule has 0 spiro atoms. The van der Waals surface area contributed by atoms with Gasteiger partial charge in [-0.1, -0.05) is 18.2 Å². The Morgan fingerprint density at radius 2 is 2.27 bits per heavy atom. The smallest absolute Gasteiger partial charge is 0.0305 e. The molecule has 0 bridgehead atoms. The maximum Gasteiger partial charge on any atom is 0.0305 e. The van der Waals surface area contributed by atoms with Crippen molar-refractivity contribution in [3.63, 3.8) is 0 Å². The molecule has 2 unspecified atom stereocenters. The minimum absolute atomic E-state index is 0.581. The minimum atomic E-state index is 0.581. The second kappa shape index (κ2) is 3.22. The molecule has 0 saturated carbocycles. The van der Waals surface area contributed by atoms with E-state index >= 15 is 0 Å². The second-order valence-corrected chi connectivity index (χ2v) is 3.53. The molecular weight excluding hydrogens is 134 g/mol. The van der Waals surface area contributed by atoms with E-state index in [9.17, 15) is 0 Å². The summed E-state index contributed by atoms with van der Waals surface area (Å²) in [7, 11) is 2.16. The molecule has 1 saturated heterocycles. The van der Waals surface area contributed by atoms with Gasteiger partial charge in [-0.3, -0.25) is 4.90 Å². The average molecular weight is 151 g/mol. The largest absolute Gasteiger partial charge is 0.299 e. The van der Waals surface area contributed by atoms with Crippen molar-refractivity contribution in [2.24, 2.45) is 5.92 Å². The summed E-state index contributed by atoms with van der Waals surface area (Å²) in [5.74, 6) is 0.668. The van der Waals surface area contributed by atoms with Gasteiger partial charge in [-0.05, 0) is 26.3 Å². The van der Waals surface area contributed by atoms with Crippen LogP contribution in [0.25, 0.3) is 0 Å². The fourth-order valence-electron chi connectivity index (χ4n) is 1.79. The molecular formula is C10H17N. The molecule has 0 N–H and O–H groups in total. The van der Waals surface area contributed by atoms with E-state index in [1.807, 2.05) is 0 Å². The van der Waals surface area contributed by atoms with E-state index in [0.717, 1.165) is 6.54 Å². The first kappa shape index (κ1) is 8.54. The zero-order chi connectivity index (χ0) is 8.43. The predicted octanol–water partition coefficient (Wildman–Crippen LogP) is 2.07. The molecule has 2 atom stereocenters. The Morgan fingerprint density at radius 1 is 1.64 bits per heavy atom. The van der Waals surface area contributed by atoms with Gasteiger partial charge in [0, 0.05) is 12.6 Å². The lowest BCUT2D eigenvalue weighted by molar-refractivity contribution is 0.342. The standard InChI is InChI=1S/C10H17N/c1-5-9-6-10(8(2)3)11(4)7-9/h5,9-10H,1-2,6-7H2,3-4H3.